The van der Waals surface area contributed by atoms with Crippen molar-refractivity contribution in [2.24, 2.45) is 0 Å². The molecule has 1 aliphatic rings. The van der Waals surface area contributed by atoms with Crippen LogP contribution in [0.25, 0.3) is 0 Å². The van der Waals surface area contributed by atoms with Crippen LogP contribution in [-0.2, 0) is 4.74 Å². The third kappa shape index (κ3) is 3.00. The van der Waals surface area contributed by atoms with E-state index in [9.17, 15) is 33.0 Å². The van der Waals surface area contributed by atoms with Gasteiger partial charge in [-0.05, 0) is 0 Å². The van der Waals surface area contributed by atoms with Crippen molar-refractivity contribution in [1.29, 1.82) is 0 Å². The van der Waals surface area contributed by atoms with E-state index < -0.39 is 53.8 Å². The van der Waals surface area contributed by atoms with Crippen LogP contribution in [0.15, 0.2) is 33.7 Å². The van der Waals surface area contributed by atoms with Gasteiger partial charge in [-0.3, -0.25) is 14.3 Å². The van der Waals surface area contributed by atoms with Crippen molar-refractivity contribution < 1.29 is 33.2 Å². The smallest absolute Gasteiger partial charge is 0.330 e. The Morgan fingerprint density at radius 2 is 2.17 bits per heavy atom. The lowest BCUT2D eigenvalue weighted by atomic mass is 9.94. The molecule has 0 bridgehead atoms. The fourth-order valence-corrected chi connectivity index (χ4v) is 2.19. The zero-order valence-electron chi connectivity index (χ0n) is 11.2. The number of nitrogens with one attached hydrogen (secondary N) is 1. The molecule has 126 valence electrons. The van der Waals surface area contributed by atoms with Crippen molar-refractivity contribution in [3.63, 3.8) is 0 Å². The molecule has 2 heterocycles. The second-order valence-electron chi connectivity index (χ2n) is 4.73. The first-order valence-corrected chi connectivity index (χ1v) is 6.17. The Hall–Kier alpha value is -2.17. The van der Waals surface area contributed by atoms with Gasteiger partial charge in [-0.25, -0.2) is 4.79 Å². The van der Waals surface area contributed by atoms with Gasteiger partial charge < -0.3 is 20.1 Å². The maximum Gasteiger partial charge on any atom is 0.330 e. The van der Waals surface area contributed by atoms with Gasteiger partial charge in [0.15, 0.2) is 11.8 Å². The first kappa shape index (κ1) is 17.2. The second kappa shape index (κ2) is 6.14. The highest BCUT2D eigenvalue weighted by molar-refractivity contribution is 5.14. The van der Waals surface area contributed by atoms with E-state index in [2.05, 4.69) is 0 Å². The predicted octanol–water partition coefficient (Wildman–Crippen LogP) is -1.41. The molecular weight excluding hydrogens is 325 g/mol. The number of halogens is 3. The highest BCUT2D eigenvalue weighted by Gasteiger charge is 2.55. The third-order valence-electron chi connectivity index (χ3n) is 3.29. The summed E-state index contributed by atoms with van der Waals surface area (Å²) in [4.78, 5) is 24.3. The Bertz CT molecular complexity index is 780. The summed E-state index contributed by atoms with van der Waals surface area (Å²) in [5.41, 5.74) is -3.83. The molecule has 0 aromatic carbocycles. The van der Waals surface area contributed by atoms with Crippen LogP contribution in [0.1, 0.15) is 6.23 Å². The Kier molecular flexibility index (Phi) is 4.59. The summed E-state index contributed by atoms with van der Waals surface area (Å²) in [5, 5.41) is 29.4. The summed E-state index contributed by atoms with van der Waals surface area (Å²) in [5.74, 6) is -1.41. The fraction of sp³-hybridized carbons (Fsp3) is 0.417. The van der Waals surface area contributed by atoms with Crippen molar-refractivity contribution in [2.45, 2.75) is 24.0 Å². The summed E-state index contributed by atoms with van der Waals surface area (Å²) in [7, 11) is 0. The number of H-pyrrole nitrogens is 1. The van der Waals surface area contributed by atoms with Gasteiger partial charge >= 0.3 is 11.8 Å². The molecule has 0 spiro atoms. The predicted molar refractivity (Wildman–Crippen MR) is 67.0 cm³/mol. The molecule has 0 aliphatic carbocycles. The lowest BCUT2D eigenvalue weighted by Gasteiger charge is -2.27. The van der Waals surface area contributed by atoms with E-state index in [1.54, 1.807) is 4.98 Å². The molecule has 1 fully saturated rings. The molecule has 1 aliphatic heterocycles. The molecule has 23 heavy (non-hydrogen) atoms. The zero-order chi connectivity index (χ0) is 17.4. The summed E-state index contributed by atoms with van der Waals surface area (Å²) in [6.45, 7) is -0.823. The number of rotatable bonds is 3. The molecule has 11 heteroatoms. The van der Waals surface area contributed by atoms with Crippen molar-refractivity contribution in [3.8, 4) is 0 Å². The quantitative estimate of drug-likeness (QED) is 0.503. The minimum Gasteiger partial charge on any atom is -0.394 e. The molecule has 0 amide bonds. The van der Waals surface area contributed by atoms with E-state index in [-0.39, 0.29) is 0 Å². The normalized spacial score (nSPS) is 30.1. The highest BCUT2D eigenvalue weighted by Crippen LogP contribution is 2.38. The Labute approximate surface area is 125 Å². The van der Waals surface area contributed by atoms with Crippen molar-refractivity contribution in [1.82, 2.24) is 9.55 Å². The standard InChI is InChI=1S/C12H11F3N2O6/c13-5-3-17(11(21)16-9(5)20)10-12(22,2-1-7(14)15)8(19)6(4-18)23-10/h2-3,6,8,10,18-19,22H,4H2,(H,16,20,21)/t6-,8-,10-,12-/m1/s1. The SMILES string of the molecule is O=c1[nH]c(=O)n([C@@H]2O[C@H](CO)[C@@H](O)[C@]2(O)C=C=C(F)F)cc1F. The third-order valence-corrected chi connectivity index (χ3v) is 3.29. The van der Waals surface area contributed by atoms with Crippen molar-refractivity contribution in [2.75, 3.05) is 6.61 Å². The Balaban J connectivity index is 2.63. The maximum absolute atomic E-state index is 13.4. The number of aromatic nitrogens is 2. The van der Waals surface area contributed by atoms with Crippen molar-refractivity contribution >= 4 is 0 Å². The van der Waals surface area contributed by atoms with Gasteiger partial charge in [-0.2, -0.15) is 13.2 Å². The number of hydrogen-bond acceptors (Lipinski definition) is 6. The van der Waals surface area contributed by atoms with Gasteiger partial charge in [0.25, 0.3) is 5.56 Å². The molecule has 4 atom stereocenters. The first-order chi connectivity index (χ1) is 10.7. The molecule has 0 radical (unpaired) electrons. The summed E-state index contributed by atoms with van der Waals surface area (Å²) >= 11 is 0. The Morgan fingerprint density at radius 3 is 2.74 bits per heavy atom. The van der Waals surface area contributed by atoms with Crippen LogP contribution in [0.4, 0.5) is 13.2 Å². The lowest BCUT2D eigenvalue weighted by molar-refractivity contribution is -0.0818. The van der Waals surface area contributed by atoms with E-state index >= 15 is 0 Å². The van der Waals surface area contributed by atoms with Gasteiger partial charge in [0, 0.05) is 6.08 Å². The van der Waals surface area contributed by atoms with Crippen LogP contribution >= 0.6 is 0 Å². The summed E-state index contributed by atoms with van der Waals surface area (Å²) in [6, 6.07) is 0. The average Bonchev–Trinajstić information content (AvgIpc) is 2.73. The van der Waals surface area contributed by atoms with Gasteiger partial charge in [0.1, 0.15) is 12.2 Å². The fourth-order valence-electron chi connectivity index (χ4n) is 2.19. The van der Waals surface area contributed by atoms with E-state index in [1.165, 1.54) is 5.73 Å². The van der Waals surface area contributed by atoms with Gasteiger partial charge in [0.05, 0.1) is 12.8 Å². The van der Waals surface area contributed by atoms with Crippen LogP contribution in [0.2, 0.25) is 0 Å². The molecular formula is C12H11F3N2O6. The minimum atomic E-state index is -2.63. The minimum absolute atomic E-state index is 0.336. The molecule has 8 nitrogen and oxygen atoms in total. The van der Waals surface area contributed by atoms with Crippen LogP contribution in [0, 0.1) is 5.82 Å². The number of hydrogen-bond donors (Lipinski definition) is 4. The summed E-state index contributed by atoms with van der Waals surface area (Å²) < 4.78 is 43.2. The monoisotopic (exact) mass is 336 g/mol. The molecule has 0 unspecified atom stereocenters. The number of aliphatic hydroxyl groups is 3. The maximum atomic E-state index is 13.4. The molecule has 1 aromatic heterocycles. The van der Waals surface area contributed by atoms with Gasteiger partial charge in [-0.1, -0.05) is 5.73 Å². The topological polar surface area (TPSA) is 125 Å². The lowest BCUT2D eigenvalue weighted by Crippen LogP contribution is -2.48. The van der Waals surface area contributed by atoms with Crippen molar-refractivity contribution in [3.05, 3.63) is 50.7 Å². The first-order valence-electron chi connectivity index (χ1n) is 6.17. The van der Waals surface area contributed by atoms with Gasteiger partial charge in [0.2, 0.25) is 5.82 Å². The number of aromatic amines is 1. The van der Waals surface area contributed by atoms with Gasteiger partial charge in [-0.15, -0.1) is 0 Å². The van der Waals surface area contributed by atoms with E-state index in [0.717, 1.165) is 0 Å². The Morgan fingerprint density at radius 1 is 1.52 bits per heavy atom. The highest BCUT2D eigenvalue weighted by atomic mass is 19.3. The van der Waals surface area contributed by atoms with E-state index in [0.29, 0.717) is 16.8 Å². The average molecular weight is 336 g/mol. The molecule has 4 N–H and O–H groups in total. The molecule has 1 saturated heterocycles. The number of ether oxygens (including phenoxy) is 1. The second-order valence-corrected chi connectivity index (χ2v) is 4.73. The van der Waals surface area contributed by atoms with E-state index in [4.69, 9.17) is 9.84 Å². The number of aliphatic hydroxyl groups excluding tert-OH is 2. The number of nitrogens with zero attached hydrogens (tertiary/aromatic N) is 1. The molecule has 0 saturated carbocycles. The molecule has 1 aromatic rings. The molecule has 2 rings (SSSR count). The summed E-state index contributed by atoms with van der Waals surface area (Å²) in [6.07, 6.45) is -6.88. The zero-order valence-corrected chi connectivity index (χ0v) is 11.2. The van der Waals surface area contributed by atoms with E-state index in [1.807, 2.05) is 0 Å². The van der Waals surface area contributed by atoms with Crippen LogP contribution < -0.4 is 11.2 Å². The largest absolute Gasteiger partial charge is 0.394 e. The van der Waals surface area contributed by atoms with Crippen LogP contribution in [0.3, 0.4) is 0 Å². The van der Waals surface area contributed by atoms with Crippen LogP contribution in [0.5, 0.6) is 0 Å². The van der Waals surface area contributed by atoms with Crippen LogP contribution in [-0.4, -0.2) is 49.3 Å².